The van der Waals surface area contributed by atoms with E-state index < -0.39 is 0 Å². The zero-order chi connectivity index (χ0) is 9.54. The van der Waals surface area contributed by atoms with Gasteiger partial charge in [-0.3, -0.25) is 4.79 Å². The van der Waals surface area contributed by atoms with Crippen LogP contribution in [0.5, 0.6) is 0 Å². The van der Waals surface area contributed by atoms with E-state index in [4.69, 9.17) is 0 Å². The summed E-state index contributed by atoms with van der Waals surface area (Å²) in [6.45, 7) is 0. The first-order valence-electron chi connectivity index (χ1n) is 5.47. The summed E-state index contributed by atoms with van der Waals surface area (Å²) in [5.74, 6) is 3.35. The first-order valence-corrected chi connectivity index (χ1v) is 6.62. The van der Waals surface area contributed by atoms with Crippen LogP contribution in [0.4, 0.5) is 0 Å². The van der Waals surface area contributed by atoms with Gasteiger partial charge in [0.2, 0.25) is 5.91 Å². The Morgan fingerprint density at radius 1 is 1.40 bits per heavy atom. The molecule has 3 fully saturated rings. The van der Waals surface area contributed by atoms with E-state index in [1.54, 1.807) is 0 Å². The Morgan fingerprint density at radius 3 is 2.87 bits per heavy atom. The molecule has 0 bridgehead atoms. The van der Waals surface area contributed by atoms with Crippen LogP contribution in [0.2, 0.25) is 0 Å². The van der Waals surface area contributed by atoms with E-state index in [2.05, 4.69) is 10.6 Å². The predicted octanol–water partition coefficient (Wildman–Crippen LogP) is 0.780. The summed E-state index contributed by atoms with van der Waals surface area (Å²) >= 11 is 1.94. The highest BCUT2D eigenvalue weighted by molar-refractivity contribution is 7.99. The van der Waals surface area contributed by atoms with E-state index in [0.717, 1.165) is 24.5 Å². The van der Waals surface area contributed by atoms with Crippen molar-refractivity contribution in [3.8, 4) is 0 Å². The molecular weight excluding hydrogens is 232 g/mol. The fraction of sp³-hybridized carbons (Fsp3) is 0.900. The molecule has 1 aliphatic carbocycles. The fourth-order valence-electron chi connectivity index (χ4n) is 2.47. The molecule has 3 aliphatic rings. The second kappa shape index (κ2) is 4.52. The first-order chi connectivity index (χ1) is 6.83. The summed E-state index contributed by atoms with van der Waals surface area (Å²) in [5, 5.41) is 6.52. The second-order valence-corrected chi connectivity index (χ2v) is 5.78. The Labute approximate surface area is 101 Å². The molecule has 86 valence electrons. The number of hydrogen-bond acceptors (Lipinski definition) is 3. The van der Waals surface area contributed by atoms with E-state index in [9.17, 15) is 4.79 Å². The predicted molar refractivity (Wildman–Crippen MR) is 64.6 cm³/mol. The van der Waals surface area contributed by atoms with Gasteiger partial charge >= 0.3 is 0 Å². The van der Waals surface area contributed by atoms with Gasteiger partial charge in [0.1, 0.15) is 0 Å². The Balaban J connectivity index is 0.000000853. The first kappa shape index (κ1) is 11.6. The van der Waals surface area contributed by atoms with Gasteiger partial charge in [-0.05, 0) is 30.9 Å². The zero-order valence-electron chi connectivity index (χ0n) is 8.57. The maximum Gasteiger partial charge on any atom is 0.237 e. The normalized spacial score (nSPS) is 41.9. The van der Waals surface area contributed by atoms with Crippen LogP contribution in [-0.2, 0) is 4.79 Å². The Hall–Kier alpha value is 0.0700. The molecule has 5 heteroatoms. The molecular formula is C10H17ClN2OS. The Kier molecular flexibility index (Phi) is 3.48. The van der Waals surface area contributed by atoms with Crippen molar-refractivity contribution in [3.63, 3.8) is 0 Å². The van der Waals surface area contributed by atoms with Crippen LogP contribution in [-0.4, -0.2) is 35.5 Å². The van der Waals surface area contributed by atoms with Crippen LogP contribution in [0.1, 0.15) is 19.3 Å². The largest absolute Gasteiger partial charge is 0.351 e. The molecule has 3 nitrogen and oxygen atoms in total. The van der Waals surface area contributed by atoms with Crippen LogP contribution < -0.4 is 10.6 Å². The standard InChI is InChI=1S/C10H16N2OS.ClH/c13-10(11-7-1-2-14-5-7)9-4-6-3-8(6)12-9;/h6-9,12H,1-5H2,(H,11,13);1H/t6-,7?,8-,9+;/m1./s1. The molecule has 2 heterocycles. The summed E-state index contributed by atoms with van der Waals surface area (Å²) in [4.78, 5) is 11.8. The fourth-order valence-corrected chi connectivity index (χ4v) is 3.63. The van der Waals surface area contributed by atoms with Crippen LogP contribution in [0.3, 0.4) is 0 Å². The number of piperidine rings is 1. The Bertz CT molecular complexity index is 248. The van der Waals surface area contributed by atoms with E-state index in [-0.39, 0.29) is 24.4 Å². The summed E-state index contributed by atoms with van der Waals surface area (Å²) < 4.78 is 0. The maximum absolute atomic E-state index is 11.8. The van der Waals surface area contributed by atoms with Gasteiger partial charge in [0.25, 0.3) is 0 Å². The minimum Gasteiger partial charge on any atom is -0.351 e. The van der Waals surface area contributed by atoms with Crippen molar-refractivity contribution in [2.75, 3.05) is 11.5 Å². The third-order valence-corrected chi connectivity index (χ3v) is 4.63. The van der Waals surface area contributed by atoms with Gasteiger partial charge < -0.3 is 10.6 Å². The van der Waals surface area contributed by atoms with Gasteiger partial charge in [-0.1, -0.05) is 0 Å². The topological polar surface area (TPSA) is 41.1 Å². The summed E-state index contributed by atoms with van der Waals surface area (Å²) in [5.41, 5.74) is 0. The smallest absolute Gasteiger partial charge is 0.237 e. The van der Waals surface area contributed by atoms with Crippen LogP contribution in [0.25, 0.3) is 0 Å². The highest BCUT2D eigenvalue weighted by atomic mass is 35.5. The summed E-state index contributed by atoms with van der Waals surface area (Å²) in [7, 11) is 0. The average Bonchev–Trinajstić information content (AvgIpc) is 2.68. The molecule has 0 aromatic heterocycles. The van der Waals surface area contributed by atoms with E-state index in [1.165, 1.54) is 12.2 Å². The van der Waals surface area contributed by atoms with Crippen LogP contribution in [0.15, 0.2) is 0 Å². The van der Waals surface area contributed by atoms with Crippen LogP contribution >= 0.6 is 24.2 Å². The third kappa shape index (κ3) is 2.43. The van der Waals surface area contributed by atoms with Gasteiger partial charge in [0, 0.05) is 17.8 Å². The number of thioether (sulfide) groups is 1. The Morgan fingerprint density at radius 2 is 2.27 bits per heavy atom. The van der Waals surface area contributed by atoms with Gasteiger partial charge in [-0.25, -0.2) is 0 Å². The zero-order valence-corrected chi connectivity index (χ0v) is 10.2. The molecule has 0 spiro atoms. The van der Waals surface area contributed by atoms with E-state index in [0.29, 0.717) is 12.1 Å². The number of carbonyl (C=O) groups is 1. The van der Waals surface area contributed by atoms with Crippen molar-refractivity contribution in [3.05, 3.63) is 0 Å². The molecule has 1 unspecified atom stereocenters. The minimum absolute atomic E-state index is 0. The molecule has 0 aromatic carbocycles. The van der Waals surface area contributed by atoms with Gasteiger partial charge in [-0.2, -0.15) is 11.8 Å². The lowest BCUT2D eigenvalue weighted by Gasteiger charge is -2.16. The maximum atomic E-state index is 11.8. The molecule has 1 saturated carbocycles. The highest BCUT2D eigenvalue weighted by Crippen LogP contribution is 2.40. The van der Waals surface area contributed by atoms with Crippen molar-refractivity contribution < 1.29 is 4.79 Å². The van der Waals surface area contributed by atoms with Crippen molar-refractivity contribution in [2.24, 2.45) is 5.92 Å². The lowest BCUT2D eigenvalue weighted by Crippen LogP contribution is -2.46. The molecule has 4 atom stereocenters. The van der Waals surface area contributed by atoms with Gasteiger partial charge in [0.15, 0.2) is 0 Å². The average molecular weight is 249 g/mol. The third-order valence-electron chi connectivity index (χ3n) is 3.47. The summed E-state index contributed by atoms with van der Waals surface area (Å²) in [6, 6.07) is 1.22. The lowest BCUT2D eigenvalue weighted by atomic mass is 10.1. The monoisotopic (exact) mass is 248 g/mol. The quantitative estimate of drug-likeness (QED) is 0.759. The van der Waals surface area contributed by atoms with Crippen LogP contribution in [0, 0.1) is 5.92 Å². The van der Waals surface area contributed by atoms with Gasteiger partial charge in [0.05, 0.1) is 6.04 Å². The molecule has 0 radical (unpaired) electrons. The minimum atomic E-state index is 0. The SMILES string of the molecule is Cl.O=C(NC1CCSC1)[C@@H]1C[C@H]2C[C@H]2N1. The van der Waals surface area contributed by atoms with Crippen molar-refractivity contribution in [2.45, 2.75) is 37.4 Å². The van der Waals surface area contributed by atoms with Crippen molar-refractivity contribution in [1.82, 2.24) is 10.6 Å². The van der Waals surface area contributed by atoms with E-state index >= 15 is 0 Å². The number of halogens is 1. The van der Waals surface area contributed by atoms with Crippen molar-refractivity contribution >= 4 is 30.1 Å². The number of nitrogens with one attached hydrogen (secondary N) is 2. The number of carbonyl (C=O) groups excluding carboxylic acids is 1. The number of fused-ring (bicyclic) bond motifs is 1. The van der Waals surface area contributed by atoms with Crippen molar-refractivity contribution in [1.29, 1.82) is 0 Å². The highest BCUT2D eigenvalue weighted by Gasteiger charge is 2.47. The molecule has 3 rings (SSSR count). The van der Waals surface area contributed by atoms with E-state index in [1.807, 2.05) is 11.8 Å². The number of rotatable bonds is 2. The lowest BCUT2D eigenvalue weighted by molar-refractivity contribution is -0.123. The number of amides is 1. The molecule has 2 aliphatic heterocycles. The summed E-state index contributed by atoms with van der Waals surface area (Å²) in [6.07, 6.45) is 3.51. The van der Waals surface area contributed by atoms with Gasteiger partial charge in [-0.15, -0.1) is 12.4 Å². The molecule has 1 amide bonds. The molecule has 0 aromatic rings. The molecule has 2 saturated heterocycles. The molecule has 2 N–H and O–H groups in total. The second-order valence-electron chi connectivity index (χ2n) is 4.63. The molecule has 15 heavy (non-hydrogen) atoms. The number of hydrogen-bond donors (Lipinski definition) is 2.